The van der Waals surface area contributed by atoms with Crippen molar-refractivity contribution in [3.8, 4) is 0 Å². The Kier molecular flexibility index (Phi) is 4.41. The largest absolute Gasteiger partial charge is 0.479 e. The van der Waals surface area contributed by atoms with E-state index in [1.807, 2.05) is 73.3 Å². The summed E-state index contributed by atoms with van der Waals surface area (Å²) in [6.45, 7) is 4.58. The average Bonchev–Trinajstić information content (AvgIpc) is 2.45. The van der Waals surface area contributed by atoms with Crippen LogP contribution in [0.4, 0.5) is 5.69 Å². The third-order valence-electron chi connectivity index (χ3n) is 3.33. The third-order valence-corrected chi connectivity index (χ3v) is 3.33. The van der Waals surface area contributed by atoms with Crippen molar-refractivity contribution < 1.29 is 9.90 Å². The van der Waals surface area contributed by atoms with Crippen molar-refractivity contribution in [2.75, 3.05) is 11.4 Å². The number of para-hydroxylation sites is 1. The van der Waals surface area contributed by atoms with Crippen LogP contribution in [-0.2, 0) is 4.79 Å². The Morgan fingerprint density at radius 2 is 1.85 bits per heavy atom. The number of hydrogen-bond acceptors (Lipinski definition) is 2. The molecule has 0 aliphatic carbocycles. The van der Waals surface area contributed by atoms with Gasteiger partial charge in [0.05, 0.1) is 0 Å². The molecule has 1 N–H and O–H groups in total. The number of benzene rings is 2. The summed E-state index contributed by atoms with van der Waals surface area (Å²) >= 11 is 0. The number of carboxylic acids is 1. The quantitative estimate of drug-likeness (QED) is 0.900. The van der Waals surface area contributed by atoms with Gasteiger partial charge in [-0.15, -0.1) is 0 Å². The van der Waals surface area contributed by atoms with Crippen LogP contribution in [0.3, 0.4) is 0 Å². The van der Waals surface area contributed by atoms with Crippen molar-refractivity contribution in [2.45, 2.75) is 19.9 Å². The summed E-state index contributed by atoms with van der Waals surface area (Å²) in [6, 6.07) is 16.7. The van der Waals surface area contributed by atoms with Crippen molar-refractivity contribution in [1.82, 2.24) is 0 Å². The van der Waals surface area contributed by atoms with Crippen molar-refractivity contribution in [3.63, 3.8) is 0 Å². The normalized spacial score (nSPS) is 11.9. The Morgan fingerprint density at radius 3 is 2.40 bits per heavy atom. The van der Waals surface area contributed by atoms with Gasteiger partial charge in [-0.25, -0.2) is 4.79 Å². The lowest BCUT2D eigenvalue weighted by Gasteiger charge is -2.30. The average molecular weight is 269 g/mol. The summed E-state index contributed by atoms with van der Waals surface area (Å²) in [6.07, 6.45) is 0. The molecular weight excluding hydrogens is 250 g/mol. The first-order chi connectivity index (χ1) is 9.63. The smallest absolute Gasteiger partial charge is 0.331 e. The van der Waals surface area contributed by atoms with Crippen LogP contribution in [-0.4, -0.2) is 17.6 Å². The lowest BCUT2D eigenvalue weighted by molar-refractivity contribution is -0.138. The Hall–Kier alpha value is -2.29. The van der Waals surface area contributed by atoms with E-state index in [0.29, 0.717) is 6.54 Å². The van der Waals surface area contributed by atoms with Gasteiger partial charge in [-0.3, -0.25) is 0 Å². The van der Waals surface area contributed by atoms with E-state index in [1.165, 1.54) is 0 Å². The Morgan fingerprint density at radius 1 is 1.15 bits per heavy atom. The van der Waals surface area contributed by atoms with E-state index in [4.69, 9.17) is 0 Å². The molecule has 3 heteroatoms. The Balaban J connectivity index is 2.44. The van der Waals surface area contributed by atoms with E-state index in [9.17, 15) is 9.90 Å². The summed E-state index contributed by atoms with van der Waals surface area (Å²) in [7, 11) is 0. The van der Waals surface area contributed by atoms with Crippen molar-refractivity contribution in [3.05, 3.63) is 65.7 Å². The van der Waals surface area contributed by atoms with Gasteiger partial charge in [0.15, 0.2) is 6.04 Å². The number of aryl methyl sites for hydroxylation is 1. The van der Waals surface area contributed by atoms with Crippen LogP contribution in [0, 0.1) is 6.92 Å². The maximum atomic E-state index is 11.7. The van der Waals surface area contributed by atoms with Crippen LogP contribution in [0.1, 0.15) is 24.1 Å². The van der Waals surface area contributed by atoms with Gasteiger partial charge in [0.25, 0.3) is 0 Å². The zero-order valence-electron chi connectivity index (χ0n) is 11.8. The van der Waals surface area contributed by atoms with Gasteiger partial charge < -0.3 is 10.0 Å². The molecule has 0 fully saturated rings. The number of aliphatic carboxylic acids is 1. The minimum atomic E-state index is -0.832. The fraction of sp³-hybridized carbons (Fsp3) is 0.235. The molecule has 0 aromatic heterocycles. The Bertz CT molecular complexity index is 581. The summed E-state index contributed by atoms with van der Waals surface area (Å²) < 4.78 is 0. The van der Waals surface area contributed by atoms with Gasteiger partial charge in [0.2, 0.25) is 0 Å². The highest BCUT2D eigenvalue weighted by atomic mass is 16.4. The van der Waals surface area contributed by atoms with Gasteiger partial charge in [-0.1, -0.05) is 48.0 Å². The molecule has 2 rings (SSSR count). The molecule has 0 radical (unpaired) electrons. The highest BCUT2D eigenvalue weighted by Crippen LogP contribution is 2.27. The van der Waals surface area contributed by atoms with Crippen molar-refractivity contribution >= 4 is 11.7 Å². The fourth-order valence-corrected chi connectivity index (χ4v) is 2.43. The van der Waals surface area contributed by atoms with Gasteiger partial charge in [-0.05, 0) is 31.5 Å². The molecule has 1 atom stereocenters. The zero-order valence-corrected chi connectivity index (χ0v) is 11.8. The molecule has 0 aliphatic heterocycles. The van der Waals surface area contributed by atoms with Crippen LogP contribution in [0.25, 0.3) is 0 Å². The first-order valence-corrected chi connectivity index (χ1v) is 6.74. The lowest BCUT2D eigenvalue weighted by Crippen LogP contribution is -2.34. The molecule has 104 valence electrons. The molecule has 3 nitrogen and oxygen atoms in total. The molecule has 0 heterocycles. The standard InChI is InChI=1S/C17H19NO2/c1-3-18(15-10-5-4-6-11-15)16(17(19)20)14-9-7-8-13(2)12-14/h4-12,16H,3H2,1-2H3,(H,19,20). The predicted molar refractivity (Wildman–Crippen MR) is 81.0 cm³/mol. The van der Waals surface area contributed by atoms with E-state index < -0.39 is 12.0 Å². The van der Waals surface area contributed by atoms with E-state index in [0.717, 1.165) is 16.8 Å². The monoisotopic (exact) mass is 269 g/mol. The molecule has 0 saturated heterocycles. The van der Waals surface area contributed by atoms with Crippen molar-refractivity contribution in [2.24, 2.45) is 0 Å². The lowest BCUT2D eigenvalue weighted by atomic mass is 10.0. The van der Waals surface area contributed by atoms with E-state index in [2.05, 4.69) is 0 Å². The first-order valence-electron chi connectivity index (χ1n) is 6.74. The first kappa shape index (κ1) is 14.1. The van der Waals surface area contributed by atoms with E-state index in [-0.39, 0.29) is 0 Å². The van der Waals surface area contributed by atoms with E-state index >= 15 is 0 Å². The van der Waals surface area contributed by atoms with Gasteiger partial charge in [-0.2, -0.15) is 0 Å². The summed E-state index contributed by atoms with van der Waals surface area (Å²) in [4.78, 5) is 13.6. The topological polar surface area (TPSA) is 40.5 Å². The van der Waals surface area contributed by atoms with Crippen LogP contribution < -0.4 is 4.90 Å². The van der Waals surface area contributed by atoms with Gasteiger partial charge in [0, 0.05) is 12.2 Å². The highest BCUT2D eigenvalue weighted by molar-refractivity contribution is 5.80. The molecule has 1 unspecified atom stereocenters. The predicted octanol–water partition coefficient (Wildman–Crippen LogP) is 3.65. The molecule has 0 spiro atoms. The minimum Gasteiger partial charge on any atom is -0.479 e. The number of anilines is 1. The van der Waals surface area contributed by atoms with Gasteiger partial charge in [0.1, 0.15) is 0 Å². The molecule has 0 saturated carbocycles. The maximum absolute atomic E-state index is 11.7. The van der Waals surface area contributed by atoms with Crippen LogP contribution in [0.15, 0.2) is 54.6 Å². The van der Waals surface area contributed by atoms with Crippen molar-refractivity contribution in [1.29, 1.82) is 0 Å². The fourth-order valence-electron chi connectivity index (χ4n) is 2.43. The molecule has 0 aliphatic rings. The molecule has 0 bridgehead atoms. The Labute approximate surface area is 119 Å². The number of carbonyl (C=O) groups is 1. The summed E-state index contributed by atoms with van der Waals surface area (Å²) in [5.41, 5.74) is 2.80. The number of carboxylic acid groups (broad SMARTS) is 1. The molecule has 2 aromatic carbocycles. The zero-order chi connectivity index (χ0) is 14.5. The van der Waals surface area contributed by atoms with Crippen LogP contribution in [0.5, 0.6) is 0 Å². The van der Waals surface area contributed by atoms with Crippen LogP contribution in [0.2, 0.25) is 0 Å². The second kappa shape index (κ2) is 6.24. The minimum absolute atomic E-state index is 0.634. The van der Waals surface area contributed by atoms with E-state index in [1.54, 1.807) is 0 Å². The number of likely N-dealkylation sites (N-methyl/N-ethyl adjacent to an activating group) is 1. The molecule has 0 amide bonds. The molecular formula is C17H19NO2. The number of rotatable bonds is 5. The third kappa shape index (κ3) is 2.99. The van der Waals surface area contributed by atoms with Crippen LogP contribution >= 0.6 is 0 Å². The number of hydrogen-bond donors (Lipinski definition) is 1. The number of nitrogens with zero attached hydrogens (tertiary/aromatic N) is 1. The summed E-state index contributed by atoms with van der Waals surface area (Å²) in [5.74, 6) is -0.832. The second-order valence-electron chi connectivity index (χ2n) is 4.78. The second-order valence-corrected chi connectivity index (χ2v) is 4.78. The summed E-state index contributed by atoms with van der Waals surface area (Å²) in [5, 5.41) is 9.64. The highest BCUT2D eigenvalue weighted by Gasteiger charge is 2.26. The van der Waals surface area contributed by atoms with Gasteiger partial charge >= 0.3 is 5.97 Å². The molecule has 20 heavy (non-hydrogen) atoms. The SMILES string of the molecule is CCN(c1ccccc1)C(C(=O)O)c1cccc(C)c1. The maximum Gasteiger partial charge on any atom is 0.331 e. The molecule has 2 aromatic rings.